The number of hydrogen-bond acceptors (Lipinski definition) is 4. The van der Waals surface area contributed by atoms with Gasteiger partial charge in [-0.2, -0.15) is 16.9 Å². The van der Waals surface area contributed by atoms with E-state index in [9.17, 15) is 4.79 Å². The van der Waals surface area contributed by atoms with Gasteiger partial charge in [0.1, 0.15) is 0 Å². The summed E-state index contributed by atoms with van der Waals surface area (Å²) in [5.41, 5.74) is 3.16. The Labute approximate surface area is 173 Å². The molecule has 28 heavy (non-hydrogen) atoms. The number of aromatic nitrogens is 2. The highest BCUT2D eigenvalue weighted by Crippen LogP contribution is 2.28. The van der Waals surface area contributed by atoms with Gasteiger partial charge in [0.2, 0.25) is 0 Å². The van der Waals surface area contributed by atoms with E-state index in [0.29, 0.717) is 24.3 Å². The number of thioether (sulfide) groups is 1. The number of carbonyl (C=O) groups excluding carboxylic acids is 1. The number of rotatable bonds is 5. The molecule has 0 bridgehead atoms. The highest BCUT2D eigenvalue weighted by molar-refractivity contribution is 7.99. The van der Waals surface area contributed by atoms with Gasteiger partial charge in [-0.05, 0) is 32.1 Å². The van der Waals surface area contributed by atoms with E-state index < -0.39 is 0 Å². The molecule has 0 radical (unpaired) electrons. The van der Waals surface area contributed by atoms with Crippen LogP contribution in [0.15, 0.2) is 12.7 Å². The lowest BCUT2D eigenvalue weighted by Gasteiger charge is -2.30. The van der Waals surface area contributed by atoms with Crippen LogP contribution < -0.4 is 5.32 Å². The minimum absolute atomic E-state index is 0.134. The van der Waals surface area contributed by atoms with Crippen LogP contribution in [0.2, 0.25) is 0 Å². The van der Waals surface area contributed by atoms with Gasteiger partial charge in [-0.1, -0.05) is 31.8 Å². The Morgan fingerprint density at radius 1 is 1.14 bits per heavy atom. The van der Waals surface area contributed by atoms with Crippen LogP contribution in [-0.4, -0.2) is 57.3 Å². The topological polar surface area (TPSA) is 50.2 Å². The summed E-state index contributed by atoms with van der Waals surface area (Å²) in [5.74, 6) is 2.20. The first-order chi connectivity index (χ1) is 13.8. The summed E-state index contributed by atoms with van der Waals surface area (Å²) in [6.07, 6.45) is 13.0. The number of allylic oxidation sites excluding steroid dienone is 1. The van der Waals surface area contributed by atoms with E-state index in [4.69, 9.17) is 5.10 Å². The Hall–Kier alpha value is -1.27. The van der Waals surface area contributed by atoms with Crippen LogP contribution in [-0.2, 0) is 19.4 Å². The van der Waals surface area contributed by atoms with E-state index in [0.717, 1.165) is 43.9 Å². The van der Waals surface area contributed by atoms with Gasteiger partial charge in [-0.25, -0.2) is 0 Å². The molecule has 1 saturated heterocycles. The second-order valence-electron chi connectivity index (χ2n) is 8.44. The molecule has 1 aromatic heterocycles. The minimum atomic E-state index is 0.134. The van der Waals surface area contributed by atoms with Gasteiger partial charge in [0.05, 0.1) is 6.54 Å². The number of amides is 1. The predicted octanol–water partition coefficient (Wildman–Crippen LogP) is 3.43. The third-order valence-electron chi connectivity index (χ3n) is 6.48. The summed E-state index contributed by atoms with van der Waals surface area (Å²) in [4.78, 5) is 15.2. The van der Waals surface area contributed by atoms with Crippen molar-refractivity contribution in [2.45, 2.75) is 76.4 Å². The number of nitrogens with zero attached hydrogens (tertiary/aromatic N) is 3. The fourth-order valence-electron chi connectivity index (χ4n) is 4.97. The molecule has 1 amide bonds. The maximum atomic E-state index is 13.2. The van der Waals surface area contributed by atoms with Gasteiger partial charge < -0.3 is 10.2 Å². The van der Waals surface area contributed by atoms with Gasteiger partial charge >= 0.3 is 0 Å². The van der Waals surface area contributed by atoms with Crippen LogP contribution in [0.3, 0.4) is 0 Å². The van der Waals surface area contributed by atoms with Crippen molar-refractivity contribution in [2.75, 3.05) is 24.6 Å². The zero-order valence-electron chi connectivity index (χ0n) is 17.0. The van der Waals surface area contributed by atoms with E-state index >= 15 is 0 Å². The second kappa shape index (κ2) is 9.49. The molecular weight excluding hydrogens is 368 g/mol. The number of fused-ring (bicyclic) bond motifs is 1. The first-order valence-electron chi connectivity index (χ1n) is 11.1. The number of nitrogens with one attached hydrogen (secondary N) is 1. The Morgan fingerprint density at radius 3 is 2.61 bits per heavy atom. The van der Waals surface area contributed by atoms with Crippen molar-refractivity contribution in [1.29, 1.82) is 0 Å². The molecule has 0 spiro atoms. The Bertz CT molecular complexity index is 687. The molecule has 0 unspecified atom stereocenters. The molecule has 2 heterocycles. The molecule has 154 valence electrons. The van der Waals surface area contributed by atoms with E-state index in [1.807, 2.05) is 27.4 Å². The van der Waals surface area contributed by atoms with Crippen molar-refractivity contribution >= 4 is 17.7 Å². The van der Waals surface area contributed by atoms with Gasteiger partial charge in [0.15, 0.2) is 5.69 Å². The first-order valence-corrected chi connectivity index (χ1v) is 12.2. The lowest BCUT2D eigenvalue weighted by molar-refractivity contribution is 0.0764. The average Bonchev–Trinajstić information content (AvgIpc) is 2.89. The molecule has 1 aliphatic heterocycles. The van der Waals surface area contributed by atoms with E-state index in [2.05, 4.69) is 11.9 Å². The van der Waals surface area contributed by atoms with Crippen molar-refractivity contribution in [3.05, 3.63) is 29.6 Å². The summed E-state index contributed by atoms with van der Waals surface area (Å²) in [7, 11) is 0. The molecule has 3 aliphatic rings. The normalized spacial score (nSPS) is 23.9. The largest absolute Gasteiger partial charge is 0.336 e. The van der Waals surface area contributed by atoms with Crippen molar-refractivity contribution in [3.63, 3.8) is 0 Å². The zero-order valence-corrected chi connectivity index (χ0v) is 17.8. The molecule has 5 nitrogen and oxygen atoms in total. The fraction of sp³-hybridized carbons (Fsp3) is 0.727. The molecule has 6 heteroatoms. The molecular formula is C22H34N4OS. The monoisotopic (exact) mass is 402 g/mol. The number of hydrogen-bond donors (Lipinski definition) is 1. The second-order valence-corrected chi connectivity index (χ2v) is 9.67. The maximum absolute atomic E-state index is 13.2. The van der Waals surface area contributed by atoms with Crippen LogP contribution in [0.5, 0.6) is 0 Å². The highest BCUT2D eigenvalue weighted by atomic mass is 32.2. The number of carbonyl (C=O) groups is 1. The van der Waals surface area contributed by atoms with E-state index in [1.54, 1.807) is 0 Å². The van der Waals surface area contributed by atoms with Crippen molar-refractivity contribution < 1.29 is 4.79 Å². The van der Waals surface area contributed by atoms with Crippen molar-refractivity contribution in [2.24, 2.45) is 0 Å². The van der Waals surface area contributed by atoms with Gasteiger partial charge in [-0.3, -0.25) is 9.48 Å². The highest BCUT2D eigenvalue weighted by Gasteiger charge is 2.32. The van der Waals surface area contributed by atoms with Gasteiger partial charge in [0, 0.05) is 47.9 Å². The molecule has 4 rings (SSSR count). The Balaban J connectivity index is 1.52. The molecule has 2 fully saturated rings. The van der Waals surface area contributed by atoms with Crippen LogP contribution in [0.1, 0.15) is 66.7 Å². The van der Waals surface area contributed by atoms with Crippen LogP contribution >= 0.6 is 11.8 Å². The zero-order chi connectivity index (χ0) is 19.3. The summed E-state index contributed by atoms with van der Waals surface area (Å²) in [6, 6.07) is 1.12. The standard InChI is InChI=1S/C22H34N4OS/c1-2-11-26-20-10-9-18(23-17-7-5-3-4-6-8-17)16-19(20)21(24-26)22(27)25-12-14-28-15-13-25/h2,17-18,23H,1,3-16H2/t18-/m0/s1. The van der Waals surface area contributed by atoms with Crippen LogP contribution in [0.4, 0.5) is 0 Å². The van der Waals surface area contributed by atoms with Crippen LogP contribution in [0.25, 0.3) is 0 Å². The lowest BCUT2D eigenvalue weighted by atomic mass is 9.90. The smallest absolute Gasteiger partial charge is 0.274 e. The summed E-state index contributed by atoms with van der Waals surface area (Å²) in [5, 5.41) is 8.71. The quantitative estimate of drug-likeness (QED) is 0.606. The summed E-state index contributed by atoms with van der Waals surface area (Å²) < 4.78 is 2.02. The van der Waals surface area contributed by atoms with Crippen molar-refractivity contribution in [3.8, 4) is 0 Å². The lowest BCUT2D eigenvalue weighted by Crippen LogP contribution is -2.42. The SMILES string of the molecule is C=CCn1nc(C(=O)N2CCSCC2)c2c1CC[C@H](NC1CCCCCC1)C2. The maximum Gasteiger partial charge on any atom is 0.274 e. The average molecular weight is 403 g/mol. The third-order valence-corrected chi connectivity index (χ3v) is 7.42. The molecule has 1 N–H and O–H groups in total. The van der Waals surface area contributed by atoms with Crippen LogP contribution in [0, 0.1) is 0 Å². The van der Waals surface area contributed by atoms with E-state index in [1.165, 1.54) is 49.8 Å². The molecule has 2 aliphatic carbocycles. The first kappa shape index (κ1) is 20.0. The predicted molar refractivity (Wildman–Crippen MR) is 116 cm³/mol. The molecule has 1 atom stereocenters. The fourth-order valence-corrected chi connectivity index (χ4v) is 5.87. The molecule has 1 saturated carbocycles. The van der Waals surface area contributed by atoms with Crippen molar-refractivity contribution in [1.82, 2.24) is 20.0 Å². The minimum Gasteiger partial charge on any atom is -0.336 e. The van der Waals surface area contributed by atoms with Gasteiger partial charge in [0.25, 0.3) is 5.91 Å². The third kappa shape index (κ3) is 4.48. The summed E-state index contributed by atoms with van der Waals surface area (Å²) >= 11 is 1.93. The Morgan fingerprint density at radius 2 is 1.89 bits per heavy atom. The van der Waals surface area contributed by atoms with E-state index in [-0.39, 0.29) is 5.91 Å². The Kier molecular flexibility index (Phi) is 6.78. The molecule has 1 aromatic rings. The molecule has 0 aromatic carbocycles. The summed E-state index contributed by atoms with van der Waals surface area (Å²) in [6.45, 7) is 6.25. The van der Waals surface area contributed by atoms with Gasteiger partial charge in [-0.15, -0.1) is 6.58 Å².